The topological polar surface area (TPSA) is 81.8 Å². The van der Waals surface area contributed by atoms with Crippen LogP contribution in [0.25, 0.3) is 5.69 Å². The lowest BCUT2D eigenvalue weighted by Gasteiger charge is -2.11. The highest BCUT2D eigenvalue weighted by Crippen LogP contribution is 2.20. The Balaban J connectivity index is 1.93. The molecule has 7 nitrogen and oxygen atoms in total. The van der Waals surface area contributed by atoms with Crippen LogP contribution in [0.15, 0.2) is 41.2 Å². The number of nitrogens with one attached hydrogen (secondary N) is 1. The fraction of sp³-hybridized carbons (Fsp3) is 0.300. The van der Waals surface area contributed by atoms with Crippen LogP contribution in [-0.2, 0) is 6.54 Å². The molecule has 0 atom stereocenters. The number of rotatable bonds is 5. The van der Waals surface area contributed by atoms with Gasteiger partial charge in [0, 0.05) is 18.7 Å². The average Bonchev–Trinajstić information content (AvgIpc) is 2.96. The molecular weight excluding hydrogens is 342 g/mol. The molecule has 3 rings (SSSR count). The normalized spacial score (nSPS) is 10.8. The molecule has 0 spiro atoms. The summed E-state index contributed by atoms with van der Waals surface area (Å²) in [5, 5.41) is 11.5. The minimum Gasteiger partial charge on any atom is -0.305 e. The van der Waals surface area contributed by atoms with E-state index in [2.05, 4.69) is 21.6 Å². The second kappa shape index (κ2) is 7.57. The Morgan fingerprint density at radius 2 is 1.74 bits per heavy atom. The highest BCUT2D eigenvalue weighted by molar-refractivity contribution is 6.02. The van der Waals surface area contributed by atoms with Crippen LogP contribution in [0.5, 0.6) is 0 Å². The van der Waals surface area contributed by atoms with Gasteiger partial charge in [0.15, 0.2) is 0 Å². The van der Waals surface area contributed by atoms with E-state index in [1.165, 1.54) is 16.8 Å². The van der Waals surface area contributed by atoms with Gasteiger partial charge in [-0.3, -0.25) is 9.59 Å². The highest BCUT2D eigenvalue weighted by Gasteiger charge is 2.15. The number of carbonyl (C=O) groups excluding carboxylic acids is 1. The molecule has 0 bridgehead atoms. The Kier molecular flexibility index (Phi) is 5.21. The van der Waals surface area contributed by atoms with Gasteiger partial charge in [0.1, 0.15) is 11.5 Å². The van der Waals surface area contributed by atoms with E-state index in [-0.39, 0.29) is 17.2 Å². The molecular formula is C20H23N5O2. The maximum atomic E-state index is 12.7. The Bertz CT molecular complexity index is 1030. The first-order chi connectivity index (χ1) is 12.9. The van der Waals surface area contributed by atoms with Gasteiger partial charge in [0.25, 0.3) is 11.5 Å². The molecule has 1 aromatic carbocycles. The molecule has 2 heterocycles. The van der Waals surface area contributed by atoms with Gasteiger partial charge in [0.2, 0.25) is 0 Å². The summed E-state index contributed by atoms with van der Waals surface area (Å²) in [5.41, 5.74) is 3.86. The van der Waals surface area contributed by atoms with Crippen LogP contribution >= 0.6 is 0 Å². The van der Waals surface area contributed by atoms with Crippen molar-refractivity contribution in [3.05, 3.63) is 69.3 Å². The number of amides is 1. The molecule has 0 saturated heterocycles. The largest absolute Gasteiger partial charge is 0.305 e. The van der Waals surface area contributed by atoms with E-state index in [0.717, 1.165) is 28.9 Å². The number of carbonyl (C=O) groups is 1. The standard InChI is InChI=1S/C20H23N5O2/c1-5-8-24-19(26)7-6-17(23-24)20(27)21-18-12-15(4)22-25(18)16-10-13(2)9-14(3)11-16/h6-7,9-12H,5,8H2,1-4H3,(H,21,27). The predicted octanol–water partition coefficient (Wildman–Crippen LogP) is 3.02. The summed E-state index contributed by atoms with van der Waals surface area (Å²) in [6, 6.07) is 10.7. The van der Waals surface area contributed by atoms with Crippen molar-refractivity contribution in [3.8, 4) is 5.69 Å². The molecule has 140 valence electrons. The summed E-state index contributed by atoms with van der Waals surface area (Å²) in [6.45, 7) is 8.33. The SMILES string of the molecule is CCCn1nc(C(=O)Nc2cc(C)nn2-c2cc(C)cc(C)c2)ccc1=O. The molecule has 1 amide bonds. The molecule has 0 aliphatic carbocycles. The van der Waals surface area contributed by atoms with Gasteiger partial charge in [-0.05, 0) is 56.5 Å². The van der Waals surface area contributed by atoms with E-state index in [9.17, 15) is 9.59 Å². The average molecular weight is 365 g/mol. The van der Waals surface area contributed by atoms with Crippen LogP contribution < -0.4 is 10.9 Å². The van der Waals surface area contributed by atoms with Crippen molar-refractivity contribution < 1.29 is 4.79 Å². The molecule has 0 unspecified atom stereocenters. The van der Waals surface area contributed by atoms with Crippen molar-refractivity contribution in [1.82, 2.24) is 19.6 Å². The number of anilines is 1. The van der Waals surface area contributed by atoms with Crippen molar-refractivity contribution in [3.63, 3.8) is 0 Å². The fourth-order valence-corrected chi connectivity index (χ4v) is 2.98. The third-order valence-corrected chi connectivity index (χ3v) is 4.06. The summed E-state index contributed by atoms with van der Waals surface area (Å²) >= 11 is 0. The van der Waals surface area contributed by atoms with Crippen molar-refractivity contribution >= 4 is 11.7 Å². The predicted molar refractivity (Wildman–Crippen MR) is 105 cm³/mol. The maximum absolute atomic E-state index is 12.7. The number of aromatic nitrogens is 4. The molecule has 2 aromatic heterocycles. The third kappa shape index (κ3) is 4.13. The van der Waals surface area contributed by atoms with E-state index in [1.807, 2.05) is 39.8 Å². The van der Waals surface area contributed by atoms with Gasteiger partial charge in [0.05, 0.1) is 11.4 Å². The van der Waals surface area contributed by atoms with E-state index in [1.54, 1.807) is 10.7 Å². The molecule has 0 radical (unpaired) electrons. The van der Waals surface area contributed by atoms with Gasteiger partial charge in [-0.25, -0.2) is 9.36 Å². The first kappa shape index (κ1) is 18.6. The van der Waals surface area contributed by atoms with Gasteiger partial charge in [-0.15, -0.1) is 0 Å². The second-order valence-electron chi connectivity index (χ2n) is 6.66. The second-order valence-corrected chi connectivity index (χ2v) is 6.66. The quantitative estimate of drug-likeness (QED) is 0.753. The maximum Gasteiger partial charge on any atom is 0.277 e. The molecule has 0 saturated carbocycles. The zero-order valence-electron chi connectivity index (χ0n) is 16.0. The van der Waals surface area contributed by atoms with Crippen LogP contribution in [0.2, 0.25) is 0 Å². The van der Waals surface area contributed by atoms with Crippen molar-refractivity contribution in [2.24, 2.45) is 0 Å². The minimum absolute atomic E-state index is 0.189. The zero-order valence-corrected chi connectivity index (χ0v) is 16.0. The molecule has 27 heavy (non-hydrogen) atoms. The summed E-state index contributed by atoms with van der Waals surface area (Å²) in [7, 11) is 0. The van der Waals surface area contributed by atoms with Crippen LogP contribution in [0.1, 0.15) is 40.7 Å². The summed E-state index contributed by atoms with van der Waals surface area (Å²) in [4.78, 5) is 24.5. The number of nitrogens with zero attached hydrogens (tertiary/aromatic N) is 4. The van der Waals surface area contributed by atoms with Crippen LogP contribution in [0.3, 0.4) is 0 Å². The Labute approximate surface area is 157 Å². The summed E-state index contributed by atoms with van der Waals surface area (Å²) in [5.74, 6) is 0.169. The van der Waals surface area contributed by atoms with Gasteiger partial charge in [-0.2, -0.15) is 10.2 Å². The van der Waals surface area contributed by atoms with Gasteiger partial charge in [-0.1, -0.05) is 13.0 Å². The van der Waals surface area contributed by atoms with Crippen molar-refractivity contribution in [2.45, 2.75) is 40.7 Å². The van der Waals surface area contributed by atoms with E-state index >= 15 is 0 Å². The lowest BCUT2D eigenvalue weighted by Crippen LogP contribution is -2.26. The molecule has 7 heteroatoms. The summed E-state index contributed by atoms with van der Waals surface area (Å²) in [6.07, 6.45) is 0.761. The number of hydrogen-bond acceptors (Lipinski definition) is 4. The van der Waals surface area contributed by atoms with Crippen molar-refractivity contribution in [2.75, 3.05) is 5.32 Å². The number of hydrogen-bond donors (Lipinski definition) is 1. The number of benzene rings is 1. The van der Waals surface area contributed by atoms with E-state index in [0.29, 0.717) is 12.4 Å². The first-order valence-corrected chi connectivity index (χ1v) is 8.92. The molecule has 0 aliphatic rings. The van der Waals surface area contributed by atoms with Crippen LogP contribution in [-0.4, -0.2) is 25.5 Å². The summed E-state index contributed by atoms with van der Waals surface area (Å²) < 4.78 is 3.01. The smallest absolute Gasteiger partial charge is 0.277 e. The Morgan fingerprint density at radius 3 is 2.41 bits per heavy atom. The molecule has 3 aromatic rings. The van der Waals surface area contributed by atoms with Crippen LogP contribution in [0, 0.1) is 20.8 Å². The van der Waals surface area contributed by atoms with Crippen LogP contribution in [0.4, 0.5) is 5.82 Å². The zero-order chi connectivity index (χ0) is 19.6. The van der Waals surface area contributed by atoms with E-state index < -0.39 is 0 Å². The van der Waals surface area contributed by atoms with Crippen molar-refractivity contribution in [1.29, 1.82) is 0 Å². The molecule has 1 N–H and O–H groups in total. The molecule has 0 aliphatic heterocycles. The number of aryl methyl sites for hydroxylation is 4. The lowest BCUT2D eigenvalue weighted by atomic mass is 10.1. The van der Waals surface area contributed by atoms with Gasteiger partial charge < -0.3 is 5.32 Å². The Morgan fingerprint density at radius 1 is 1.04 bits per heavy atom. The van der Waals surface area contributed by atoms with E-state index in [4.69, 9.17) is 0 Å². The minimum atomic E-state index is -0.384. The first-order valence-electron chi connectivity index (χ1n) is 8.92. The monoisotopic (exact) mass is 365 g/mol. The highest BCUT2D eigenvalue weighted by atomic mass is 16.2. The van der Waals surface area contributed by atoms with Gasteiger partial charge >= 0.3 is 0 Å². The fourth-order valence-electron chi connectivity index (χ4n) is 2.98. The lowest BCUT2D eigenvalue weighted by molar-refractivity contribution is 0.101. The third-order valence-electron chi connectivity index (χ3n) is 4.06. The Hall–Kier alpha value is -3.22. The molecule has 0 fully saturated rings.